The second kappa shape index (κ2) is 6.00. The van der Waals surface area contributed by atoms with Crippen LogP contribution in [0.4, 0.5) is 5.69 Å². The second-order valence-electron chi connectivity index (χ2n) is 3.67. The molecule has 0 aromatic heterocycles. The zero-order chi connectivity index (χ0) is 12.0. The molecule has 4 heteroatoms. The molecular weight excluding hydrogens is 204 g/mol. The zero-order valence-corrected chi connectivity index (χ0v) is 9.75. The summed E-state index contributed by atoms with van der Waals surface area (Å²) >= 11 is 0. The van der Waals surface area contributed by atoms with Crippen LogP contribution in [0.2, 0.25) is 0 Å². The topological polar surface area (TPSA) is 64.3 Å². The number of nitrogen functional groups attached to an aromatic ring is 1. The number of nitrogens with one attached hydrogen (secondary N) is 1. The standard InChI is InChI=1S/C12H18N2O2/c1-9-5-6-11(10(13)8-9)16-7-3-4-12(15)14-2/h5-6,8H,3-4,7,13H2,1-2H3,(H,14,15). The van der Waals surface area contributed by atoms with Gasteiger partial charge in [-0.1, -0.05) is 6.07 Å². The lowest BCUT2D eigenvalue weighted by atomic mass is 10.2. The number of carbonyl (C=O) groups is 1. The monoisotopic (exact) mass is 222 g/mol. The number of hydrogen-bond donors (Lipinski definition) is 2. The predicted octanol–water partition coefficient (Wildman–Crippen LogP) is 1.48. The van der Waals surface area contributed by atoms with Crippen molar-refractivity contribution in [1.29, 1.82) is 0 Å². The van der Waals surface area contributed by atoms with E-state index >= 15 is 0 Å². The first-order valence-corrected chi connectivity index (χ1v) is 5.33. The molecule has 4 nitrogen and oxygen atoms in total. The van der Waals surface area contributed by atoms with Crippen LogP contribution in [0.25, 0.3) is 0 Å². The molecule has 0 unspecified atom stereocenters. The van der Waals surface area contributed by atoms with E-state index in [-0.39, 0.29) is 5.91 Å². The molecular formula is C12H18N2O2. The number of hydrogen-bond acceptors (Lipinski definition) is 3. The lowest BCUT2D eigenvalue weighted by Crippen LogP contribution is -2.18. The van der Waals surface area contributed by atoms with Gasteiger partial charge in [0.1, 0.15) is 5.75 Å². The van der Waals surface area contributed by atoms with Crippen molar-refractivity contribution in [1.82, 2.24) is 5.32 Å². The first kappa shape index (κ1) is 12.4. The maximum absolute atomic E-state index is 10.9. The Morgan fingerprint density at radius 2 is 2.25 bits per heavy atom. The van der Waals surface area contributed by atoms with Gasteiger partial charge in [-0.3, -0.25) is 4.79 Å². The van der Waals surface area contributed by atoms with Gasteiger partial charge in [0.05, 0.1) is 12.3 Å². The van der Waals surface area contributed by atoms with Crippen LogP contribution < -0.4 is 15.8 Å². The van der Waals surface area contributed by atoms with Gasteiger partial charge in [0.2, 0.25) is 5.91 Å². The van der Waals surface area contributed by atoms with Crippen LogP contribution in [0.15, 0.2) is 18.2 Å². The molecule has 0 atom stereocenters. The Morgan fingerprint density at radius 3 is 2.88 bits per heavy atom. The molecule has 0 aliphatic carbocycles. The highest BCUT2D eigenvalue weighted by Gasteiger charge is 2.01. The van der Waals surface area contributed by atoms with Gasteiger partial charge in [-0.05, 0) is 31.0 Å². The first-order valence-electron chi connectivity index (χ1n) is 5.33. The second-order valence-corrected chi connectivity index (χ2v) is 3.67. The van der Waals surface area contributed by atoms with Gasteiger partial charge in [0.25, 0.3) is 0 Å². The minimum absolute atomic E-state index is 0.0282. The number of anilines is 1. The van der Waals surface area contributed by atoms with Crippen LogP contribution in [0.5, 0.6) is 5.75 Å². The maximum Gasteiger partial charge on any atom is 0.219 e. The quantitative estimate of drug-likeness (QED) is 0.586. The fourth-order valence-corrected chi connectivity index (χ4v) is 1.34. The number of amides is 1. The van der Waals surface area contributed by atoms with E-state index in [0.717, 1.165) is 5.56 Å². The Balaban J connectivity index is 2.35. The molecule has 0 saturated carbocycles. The minimum Gasteiger partial charge on any atom is -0.491 e. The van der Waals surface area contributed by atoms with Crippen LogP contribution in [-0.2, 0) is 4.79 Å². The largest absolute Gasteiger partial charge is 0.491 e. The summed E-state index contributed by atoms with van der Waals surface area (Å²) in [7, 11) is 1.63. The van der Waals surface area contributed by atoms with Crippen LogP contribution in [0.3, 0.4) is 0 Å². The van der Waals surface area contributed by atoms with Crippen LogP contribution >= 0.6 is 0 Å². The molecule has 0 fully saturated rings. The molecule has 0 heterocycles. The Kier molecular flexibility index (Phi) is 4.64. The molecule has 0 aliphatic heterocycles. The van der Waals surface area contributed by atoms with E-state index in [0.29, 0.717) is 30.9 Å². The Bertz CT molecular complexity index is 364. The van der Waals surface area contributed by atoms with Crippen molar-refractivity contribution in [3.8, 4) is 5.75 Å². The molecule has 3 N–H and O–H groups in total. The number of nitrogens with two attached hydrogens (primary N) is 1. The van der Waals surface area contributed by atoms with Gasteiger partial charge < -0.3 is 15.8 Å². The molecule has 88 valence electrons. The summed E-state index contributed by atoms with van der Waals surface area (Å²) in [5.74, 6) is 0.711. The van der Waals surface area contributed by atoms with Crippen molar-refractivity contribution in [2.45, 2.75) is 19.8 Å². The summed E-state index contributed by atoms with van der Waals surface area (Å²) in [4.78, 5) is 10.9. The van der Waals surface area contributed by atoms with Gasteiger partial charge in [-0.2, -0.15) is 0 Å². The molecule has 1 rings (SSSR count). The van der Waals surface area contributed by atoms with Gasteiger partial charge in [0.15, 0.2) is 0 Å². The Labute approximate surface area is 95.8 Å². The summed E-state index contributed by atoms with van der Waals surface area (Å²) in [6, 6.07) is 5.67. The predicted molar refractivity (Wildman–Crippen MR) is 64.4 cm³/mol. The van der Waals surface area contributed by atoms with Crippen LogP contribution in [-0.4, -0.2) is 19.6 Å². The first-order chi connectivity index (χ1) is 7.63. The van der Waals surface area contributed by atoms with Crippen LogP contribution in [0, 0.1) is 6.92 Å². The third-order valence-corrected chi connectivity index (χ3v) is 2.25. The Morgan fingerprint density at radius 1 is 1.50 bits per heavy atom. The highest BCUT2D eigenvalue weighted by Crippen LogP contribution is 2.22. The summed E-state index contributed by atoms with van der Waals surface area (Å²) in [6.07, 6.45) is 1.16. The fourth-order valence-electron chi connectivity index (χ4n) is 1.34. The summed E-state index contributed by atoms with van der Waals surface area (Å²) in [6.45, 7) is 2.48. The molecule has 0 saturated heterocycles. The average Bonchev–Trinajstić information content (AvgIpc) is 2.26. The van der Waals surface area contributed by atoms with E-state index in [2.05, 4.69) is 5.32 Å². The van der Waals surface area contributed by atoms with Crippen molar-refractivity contribution < 1.29 is 9.53 Å². The average molecular weight is 222 g/mol. The van der Waals surface area contributed by atoms with E-state index in [1.807, 2.05) is 25.1 Å². The highest BCUT2D eigenvalue weighted by molar-refractivity contribution is 5.75. The van der Waals surface area contributed by atoms with E-state index in [1.54, 1.807) is 7.05 Å². The van der Waals surface area contributed by atoms with E-state index in [4.69, 9.17) is 10.5 Å². The summed E-state index contributed by atoms with van der Waals surface area (Å²) in [5.41, 5.74) is 7.53. The number of benzene rings is 1. The fraction of sp³-hybridized carbons (Fsp3) is 0.417. The lowest BCUT2D eigenvalue weighted by molar-refractivity contribution is -0.120. The van der Waals surface area contributed by atoms with Crippen molar-refractivity contribution in [3.63, 3.8) is 0 Å². The molecule has 0 radical (unpaired) electrons. The van der Waals surface area contributed by atoms with Crippen LogP contribution in [0.1, 0.15) is 18.4 Å². The highest BCUT2D eigenvalue weighted by atomic mass is 16.5. The number of ether oxygens (including phenoxy) is 1. The minimum atomic E-state index is 0.0282. The van der Waals surface area contributed by atoms with E-state index in [9.17, 15) is 4.79 Å². The molecule has 16 heavy (non-hydrogen) atoms. The summed E-state index contributed by atoms with van der Waals surface area (Å²) < 4.78 is 5.48. The van der Waals surface area contributed by atoms with Gasteiger partial charge >= 0.3 is 0 Å². The van der Waals surface area contributed by atoms with Crippen molar-refractivity contribution in [3.05, 3.63) is 23.8 Å². The SMILES string of the molecule is CNC(=O)CCCOc1ccc(C)cc1N. The van der Waals surface area contributed by atoms with Gasteiger partial charge in [-0.25, -0.2) is 0 Å². The lowest BCUT2D eigenvalue weighted by Gasteiger charge is -2.08. The van der Waals surface area contributed by atoms with Crippen molar-refractivity contribution in [2.24, 2.45) is 0 Å². The van der Waals surface area contributed by atoms with E-state index < -0.39 is 0 Å². The third-order valence-electron chi connectivity index (χ3n) is 2.25. The van der Waals surface area contributed by atoms with E-state index in [1.165, 1.54) is 0 Å². The Hall–Kier alpha value is -1.71. The van der Waals surface area contributed by atoms with Crippen molar-refractivity contribution in [2.75, 3.05) is 19.4 Å². The number of rotatable bonds is 5. The molecule has 1 amide bonds. The molecule has 1 aromatic rings. The molecule has 1 aromatic carbocycles. The maximum atomic E-state index is 10.9. The smallest absolute Gasteiger partial charge is 0.219 e. The number of aryl methyl sites for hydroxylation is 1. The van der Waals surface area contributed by atoms with Gasteiger partial charge in [0, 0.05) is 13.5 Å². The third kappa shape index (κ3) is 3.81. The van der Waals surface area contributed by atoms with Gasteiger partial charge in [-0.15, -0.1) is 0 Å². The molecule has 0 spiro atoms. The van der Waals surface area contributed by atoms with Crippen molar-refractivity contribution >= 4 is 11.6 Å². The molecule has 0 bridgehead atoms. The zero-order valence-electron chi connectivity index (χ0n) is 9.75. The normalized spacial score (nSPS) is 9.88. The molecule has 0 aliphatic rings. The summed E-state index contributed by atoms with van der Waals surface area (Å²) in [5, 5.41) is 2.56. The number of carbonyl (C=O) groups excluding carboxylic acids is 1.